The summed E-state index contributed by atoms with van der Waals surface area (Å²) in [7, 11) is 0. The lowest BCUT2D eigenvalue weighted by Crippen LogP contribution is -2.14. The number of carboxylic acid groups (broad SMARTS) is 1. The summed E-state index contributed by atoms with van der Waals surface area (Å²) in [5.74, 6) is -0.388. The predicted molar refractivity (Wildman–Crippen MR) is 92.1 cm³/mol. The molecular weight excluding hydrogens is 288 g/mol. The van der Waals surface area contributed by atoms with Crippen LogP contribution in [0.25, 0.3) is 0 Å². The van der Waals surface area contributed by atoms with Gasteiger partial charge in [0.25, 0.3) is 0 Å². The van der Waals surface area contributed by atoms with Crippen LogP contribution in [0, 0.1) is 6.92 Å². The van der Waals surface area contributed by atoms with Crippen LogP contribution in [0.3, 0.4) is 0 Å². The highest BCUT2D eigenvalue weighted by molar-refractivity contribution is 5.76. The molecule has 2 aromatic carbocycles. The second-order valence-corrected chi connectivity index (χ2v) is 5.74. The van der Waals surface area contributed by atoms with E-state index in [1.807, 2.05) is 49.4 Å². The third kappa shape index (κ3) is 4.85. The molecule has 0 fully saturated rings. The van der Waals surface area contributed by atoms with Crippen molar-refractivity contribution in [1.82, 2.24) is 0 Å². The largest absolute Gasteiger partial charge is 0.494 e. The molecule has 0 saturated carbocycles. The maximum atomic E-state index is 11.6. The molecule has 1 N–H and O–H groups in total. The number of carbonyl (C=O) groups is 1. The summed E-state index contributed by atoms with van der Waals surface area (Å²) in [5.41, 5.74) is 3.16. The molecular formula is C20H24O3. The van der Waals surface area contributed by atoms with Crippen LogP contribution in [0.2, 0.25) is 0 Å². The minimum atomic E-state index is -0.771. The fraction of sp³-hybridized carbons (Fsp3) is 0.350. The van der Waals surface area contributed by atoms with Crippen molar-refractivity contribution in [2.24, 2.45) is 0 Å². The van der Waals surface area contributed by atoms with E-state index in [4.69, 9.17) is 4.74 Å². The topological polar surface area (TPSA) is 46.5 Å². The van der Waals surface area contributed by atoms with Crippen molar-refractivity contribution in [3.63, 3.8) is 0 Å². The van der Waals surface area contributed by atoms with Crippen molar-refractivity contribution in [1.29, 1.82) is 0 Å². The predicted octanol–water partition coefficient (Wildman–Crippen LogP) is 4.58. The highest BCUT2D eigenvalue weighted by Gasteiger charge is 2.20. The first-order chi connectivity index (χ1) is 11.1. The number of carboxylic acids is 1. The Bertz CT molecular complexity index is 649. The van der Waals surface area contributed by atoms with E-state index in [0.717, 1.165) is 23.3 Å². The van der Waals surface area contributed by atoms with Crippen LogP contribution in [-0.4, -0.2) is 17.7 Å². The summed E-state index contributed by atoms with van der Waals surface area (Å²) in [4.78, 5) is 11.6. The van der Waals surface area contributed by atoms with Gasteiger partial charge in [-0.2, -0.15) is 0 Å². The Balaban J connectivity index is 1.90. The minimum Gasteiger partial charge on any atom is -0.494 e. The number of benzene rings is 2. The molecule has 0 spiro atoms. The normalized spacial score (nSPS) is 11.9. The molecule has 0 saturated heterocycles. The Labute approximate surface area is 137 Å². The number of aliphatic carboxylic acids is 1. The second kappa shape index (κ2) is 8.37. The van der Waals surface area contributed by atoms with Gasteiger partial charge < -0.3 is 9.84 Å². The summed E-state index contributed by atoms with van der Waals surface area (Å²) < 4.78 is 5.75. The van der Waals surface area contributed by atoms with E-state index in [1.54, 1.807) is 0 Å². The maximum Gasteiger partial charge on any atom is 0.310 e. The van der Waals surface area contributed by atoms with Crippen LogP contribution in [0.1, 0.15) is 42.4 Å². The third-order valence-electron chi connectivity index (χ3n) is 4.07. The average Bonchev–Trinajstić information content (AvgIpc) is 2.56. The summed E-state index contributed by atoms with van der Waals surface area (Å²) in [6, 6.07) is 15.7. The molecule has 2 rings (SSSR count). The molecule has 0 amide bonds. The molecule has 3 nitrogen and oxygen atoms in total. The standard InChI is InChI=1S/C20H24O3/c1-3-16-9-6-10-17(14-16)23-13-7-12-19(20(21)22)18-11-5-4-8-15(18)2/h4-6,8-11,14,19H,3,7,12-13H2,1-2H3,(H,21,22). The Morgan fingerprint density at radius 1 is 1.17 bits per heavy atom. The second-order valence-electron chi connectivity index (χ2n) is 5.74. The van der Waals surface area contributed by atoms with E-state index in [-0.39, 0.29) is 0 Å². The van der Waals surface area contributed by atoms with E-state index < -0.39 is 11.9 Å². The van der Waals surface area contributed by atoms with Gasteiger partial charge in [-0.3, -0.25) is 4.79 Å². The molecule has 0 heterocycles. The van der Waals surface area contributed by atoms with Crippen molar-refractivity contribution in [3.8, 4) is 5.75 Å². The molecule has 2 aromatic rings. The Morgan fingerprint density at radius 3 is 2.65 bits per heavy atom. The molecule has 3 heteroatoms. The van der Waals surface area contributed by atoms with E-state index in [9.17, 15) is 9.90 Å². The fourth-order valence-corrected chi connectivity index (χ4v) is 2.72. The molecule has 0 aliphatic carbocycles. The van der Waals surface area contributed by atoms with Gasteiger partial charge in [0.2, 0.25) is 0 Å². The van der Waals surface area contributed by atoms with Crippen LogP contribution in [0.15, 0.2) is 48.5 Å². The third-order valence-corrected chi connectivity index (χ3v) is 4.07. The van der Waals surface area contributed by atoms with Crippen molar-refractivity contribution >= 4 is 5.97 Å². The summed E-state index contributed by atoms with van der Waals surface area (Å²) >= 11 is 0. The van der Waals surface area contributed by atoms with Gasteiger partial charge in [-0.1, -0.05) is 43.3 Å². The minimum absolute atomic E-state index is 0.471. The lowest BCUT2D eigenvalue weighted by atomic mass is 9.91. The molecule has 122 valence electrons. The van der Waals surface area contributed by atoms with E-state index in [2.05, 4.69) is 13.0 Å². The van der Waals surface area contributed by atoms with Gasteiger partial charge >= 0.3 is 5.97 Å². The zero-order valence-electron chi connectivity index (χ0n) is 13.8. The molecule has 1 unspecified atom stereocenters. The highest BCUT2D eigenvalue weighted by Crippen LogP contribution is 2.25. The fourth-order valence-electron chi connectivity index (χ4n) is 2.72. The van der Waals surface area contributed by atoms with Gasteiger partial charge in [0, 0.05) is 0 Å². The van der Waals surface area contributed by atoms with Crippen LogP contribution < -0.4 is 4.74 Å². The number of aryl methyl sites for hydroxylation is 2. The molecule has 0 aromatic heterocycles. The number of ether oxygens (including phenoxy) is 1. The summed E-state index contributed by atoms with van der Waals surface area (Å²) in [6.07, 6.45) is 2.26. The highest BCUT2D eigenvalue weighted by atomic mass is 16.5. The Hall–Kier alpha value is -2.29. The smallest absolute Gasteiger partial charge is 0.310 e. The van der Waals surface area contributed by atoms with Crippen LogP contribution in [0.5, 0.6) is 5.75 Å². The molecule has 0 aliphatic heterocycles. The van der Waals surface area contributed by atoms with Crippen molar-refractivity contribution < 1.29 is 14.6 Å². The first-order valence-electron chi connectivity index (χ1n) is 8.12. The number of hydrogen-bond acceptors (Lipinski definition) is 2. The van der Waals surface area contributed by atoms with Crippen molar-refractivity contribution in [2.45, 2.75) is 39.0 Å². The zero-order chi connectivity index (χ0) is 16.7. The van der Waals surface area contributed by atoms with Gasteiger partial charge in [0.1, 0.15) is 5.75 Å². The zero-order valence-corrected chi connectivity index (χ0v) is 13.8. The Morgan fingerprint density at radius 2 is 1.96 bits per heavy atom. The van der Waals surface area contributed by atoms with Crippen LogP contribution in [0.4, 0.5) is 0 Å². The van der Waals surface area contributed by atoms with Gasteiger partial charge in [0.05, 0.1) is 12.5 Å². The van der Waals surface area contributed by atoms with Gasteiger partial charge in [-0.15, -0.1) is 0 Å². The monoisotopic (exact) mass is 312 g/mol. The Kier molecular flexibility index (Phi) is 6.21. The SMILES string of the molecule is CCc1cccc(OCCCC(C(=O)O)c2ccccc2C)c1. The first-order valence-corrected chi connectivity index (χ1v) is 8.12. The molecule has 23 heavy (non-hydrogen) atoms. The lowest BCUT2D eigenvalue weighted by molar-refractivity contribution is -0.139. The van der Waals surface area contributed by atoms with Gasteiger partial charge in [0.15, 0.2) is 0 Å². The molecule has 0 bridgehead atoms. The molecule has 0 aliphatic rings. The number of hydrogen-bond donors (Lipinski definition) is 1. The quantitative estimate of drug-likeness (QED) is 0.725. The number of rotatable bonds is 8. The van der Waals surface area contributed by atoms with Crippen molar-refractivity contribution in [3.05, 3.63) is 65.2 Å². The summed E-state index contributed by atoms with van der Waals surface area (Å²) in [6.45, 7) is 4.60. The first kappa shape index (κ1) is 17.1. The van der Waals surface area contributed by atoms with E-state index in [0.29, 0.717) is 19.4 Å². The molecule has 1 atom stereocenters. The van der Waals surface area contributed by atoms with E-state index >= 15 is 0 Å². The lowest BCUT2D eigenvalue weighted by Gasteiger charge is -2.15. The van der Waals surface area contributed by atoms with Gasteiger partial charge in [-0.25, -0.2) is 0 Å². The maximum absolute atomic E-state index is 11.6. The van der Waals surface area contributed by atoms with E-state index in [1.165, 1.54) is 5.56 Å². The molecule has 0 radical (unpaired) electrons. The van der Waals surface area contributed by atoms with Crippen molar-refractivity contribution in [2.75, 3.05) is 6.61 Å². The average molecular weight is 312 g/mol. The van der Waals surface area contributed by atoms with Gasteiger partial charge in [-0.05, 0) is 55.0 Å². The van der Waals surface area contributed by atoms with Crippen LogP contribution in [-0.2, 0) is 11.2 Å². The van der Waals surface area contributed by atoms with Crippen LogP contribution >= 0.6 is 0 Å². The summed E-state index contributed by atoms with van der Waals surface area (Å²) in [5, 5.41) is 9.49.